The van der Waals surface area contributed by atoms with Crippen LogP contribution in [0.25, 0.3) is 10.9 Å². The normalized spacial score (nSPS) is 15.7. The summed E-state index contributed by atoms with van der Waals surface area (Å²) in [5.74, 6) is 1.20. The van der Waals surface area contributed by atoms with Gasteiger partial charge in [-0.05, 0) is 49.6 Å². The van der Waals surface area contributed by atoms with E-state index in [1.165, 1.54) is 0 Å². The molecule has 0 fully saturated rings. The smallest absolute Gasteiger partial charge is 0.262 e. The number of Topliss-reactive ketones (excluding diaryl/α,β-unsaturated/α-hetero) is 1. The quantitative estimate of drug-likeness (QED) is 0.703. The van der Waals surface area contributed by atoms with Gasteiger partial charge < -0.3 is 14.5 Å². The number of hydrogen-bond donors (Lipinski definition) is 2. The van der Waals surface area contributed by atoms with Gasteiger partial charge in [0.2, 0.25) is 6.79 Å². The van der Waals surface area contributed by atoms with Crippen molar-refractivity contribution >= 4 is 32.4 Å². The number of H-pyrrole nitrogens is 1. The van der Waals surface area contributed by atoms with Crippen LogP contribution in [0, 0.1) is 6.92 Å². The number of ether oxygens (including phenoxy) is 2. The number of benzene rings is 2. The number of nitrogens with one attached hydrogen (secondary N) is 2. The number of aromatic nitrogens is 1. The number of sulfonamides is 1. The zero-order chi connectivity index (χ0) is 19.5. The van der Waals surface area contributed by atoms with Gasteiger partial charge in [0.1, 0.15) is 0 Å². The Bertz CT molecular complexity index is 1240. The second kappa shape index (κ2) is 6.00. The molecule has 8 heteroatoms. The van der Waals surface area contributed by atoms with Crippen LogP contribution in [0.4, 0.5) is 5.69 Å². The molecule has 2 heterocycles. The van der Waals surface area contributed by atoms with Crippen LogP contribution in [0.1, 0.15) is 34.5 Å². The molecule has 0 radical (unpaired) electrons. The van der Waals surface area contributed by atoms with E-state index in [9.17, 15) is 13.2 Å². The van der Waals surface area contributed by atoms with Gasteiger partial charge in [-0.15, -0.1) is 0 Å². The van der Waals surface area contributed by atoms with Gasteiger partial charge in [-0.2, -0.15) is 0 Å². The average Bonchev–Trinajstić information content (AvgIpc) is 3.24. The summed E-state index contributed by atoms with van der Waals surface area (Å²) in [5, 5.41) is 0.791. The molecule has 0 spiro atoms. The summed E-state index contributed by atoms with van der Waals surface area (Å²) >= 11 is 0. The van der Waals surface area contributed by atoms with Gasteiger partial charge in [-0.1, -0.05) is 0 Å². The molecule has 0 amide bonds. The van der Waals surface area contributed by atoms with Gasteiger partial charge >= 0.3 is 0 Å². The van der Waals surface area contributed by atoms with Crippen molar-refractivity contribution in [1.29, 1.82) is 0 Å². The monoisotopic (exact) mass is 398 g/mol. The molecule has 144 valence electrons. The molecule has 0 unspecified atom stereocenters. The van der Waals surface area contributed by atoms with E-state index in [-0.39, 0.29) is 17.5 Å². The van der Waals surface area contributed by atoms with Crippen molar-refractivity contribution in [3.63, 3.8) is 0 Å². The molecule has 1 aliphatic heterocycles. The van der Waals surface area contributed by atoms with Crippen LogP contribution < -0.4 is 14.2 Å². The Morgan fingerprint density at radius 1 is 1.07 bits per heavy atom. The summed E-state index contributed by atoms with van der Waals surface area (Å²) < 4.78 is 39.2. The first-order chi connectivity index (χ1) is 13.4. The molecule has 7 nitrogen and oxygen atoms in total. The van der Waals surface area contributed by atoms with Crippen molar-refractivity contribution in [3.05, 3.63) is 47.2 Å². The van der Waals surface area contributed by atoms with Crippen molar-refractivity contribution in [2.45, 2.75) is 31.1 Å². The minimum absolute atomic E-state index is 0.112. The third kappa shape index (κ3) is 2.63. The fourth-order valence-electron chi connectivity index (χ4n) is 3.90. The maximum atomic E-state index is 13.0. The van der Waals surface area contributed by atoms with Crippen LogP contribution in [0.2, 0.25) is 0 Å². The molecule has 2 N–H and O–H groups in total. The topological polar surface area (TPSA) is 97.5 Å². The molecule has 1 aromatic heterocycles. The van der Waals surface area contributed by atoms with Crippen LogP contribution in [0.3, 0.4) is 0 Å². The highest BCUT2D eigenvalue weighted by Crippen LogP contribution is 2.36. The molecule has 0 saturated heterocycles. The summed E-state index contributed by atoms with van der Waals surface area (Å²) in [6.07, 6.45) is 2.14. The molecular weight excluding hydrogens is 380 g/mol. The van der Waals surface area contributed by atoms with E-state index in [0.29, 0.717) is 40.3 Å². The Morgan fingerprint density at radius 3 is 2.75 bits per heavy atom. The van der Waals surface area contributed by atoms with Gasteiger partial charge in [0.05, 0.1) is 10.6 Å². The van der Waals surface area contributed by atoms with Crippen molar-refractivity contribution in [1.82, 2.24) is 4.98 Å². The van der Waals surface area contributed by atoms with E-state index in [0.717, 1.165) is 23.9 Å². The maximum Gasteiger partial charge on any atom is 0.262 e. The summed E-state index contributed by atoms with van der Waals surface area (Å²) in [4.78, 5) is 15.7. The largest absolute Gasteiger partial charge is 0.454 e. The highest BCUT2D eigenvalue weighted by atomic mass is 32.2. The number of carbonyl (C=O) groups excluding carboxylic acids is 1. The fraction of sp³-hybridized carbons (Fsp3) is 0.250. The Kier molecular flexibility index (Phi) is 3.67. The molecule has 3 aromatic rings. The molecule has 0 saturated carbocycles. The van der Waals surface area contributed by atoms with Crippen LogP contribution in [-0.2, 0) is 16.4 Å². The van der Waals surface area contributed by atoms with Gasteiger partial charge in [-0.25, -0.2) is 8.42 Å². The Morgan fingerprint density at radius 2 is 1.89 bits per heavy atom. The summed E-state index contributed by atoms with van der Waals surface area (Å²) in [6, 6.07) is 8.28. The van der Waals surface area contributed by atoms with Crippen molar-refractivity contribution in [3.8, 4) is 11.5 Å². The van der Waals surface area contributed by atoms with Gasteiger partial charge in [0, 0.05) is 34.6 Å². The lowest BCUT2D eigenvalue weighted by molar-refractivity contribution is 0.0974. The minimum atomic E-state index is -3.82. The van der Waals surface area contributed by atoms with Gasteiger partial charge in [0.25, 0.3) is 10.0 Å². The number of hydrogen-bond acceptors (Lipinski definition) is 5. The molecule has 0 bridgehead atoms. The van der Waals surface area contributed by atoms with Crippen molar-refractivity contribution < 1.29 is 22.7 Å². The lowest BCUT2D eigenvalue weighted by Gasteiger charge is -2.12. The SMILES string of the molecule is Cc1cc2c3c([nH]c2cc1S(=O)(=O)Nc1ccc2c(c1)OCO2)CCCC3=O. The van der Waals surface area contributed by atoms with E-state index in [1.54, 1.807) is 37.3 Å². The zero-order valence-electron chi connectivity index (χ0n) is 15.2. The number of fused-ring (bicyclic) bond motifs is 4. The fourth-order valence-corrected chi connectivity index (χ4v) is 5.21. The molecule has 1 aliphatic carbocycles. The van der Waals surface area contributed by atoms with Gasteiger partial charge in [0.15, 0.2) is 17.3 Å². The number of anilines is 1. The third-order valence-corrected chi connectivity index (χ3v) is 6.72. The highest BCUT2D eigenvalue weighted by molar-refractivity contribution is 7.92. The standard InChI is InChI=1S/C20H18N2O5S/c1-11-7-13-15(21-14-3-2-4-16(23)20(13)14)9-19(11)28(24,25)22-12-5-6-17-18(8-12)27-10-26-17/h5-9,21-22H,2-4,10H2,1H3. The van der Waals surface area contributed by atoms with E-state index in [2.05, 4.69) is 9.71 Å². The number of ketones is 1. The lowest BCUT2D eigenvalue weighted by atomic mass is 9.94. The third-order valence-electron chi connectivity index (χ3n) is 5.20. The second-order valence-corrected chi connectivity index (χ2v) is 8.74. The Labute approximate surface area is 161 Å². The molecular formula is C20H18N2O5S. The van der Waals surface area contributed by atoms with Crippen LogP contribution in [0.15, 0.2) is 35.2 Å². The first kappa shape index (κ1) is 17.1. The highest BCUT2D eigenvalue weighted by Gasteiger charge is 2.25. The number of carbonyl (C=O) groups is 1. The molecule has 0 atom stereocenters. The summed E-state index contributed by atoms with van der Waals surface area (Å²) in [7, 11) is -3.82. The first-order valence-electron chi connectivity index (χ1n) is 9.03. The van der Waals surface area contributed by atoms with E-state index in [4.69, 9.17) is 9.47 Å². The van der Waals surface area contributed by atoms with Crippen LogP contribution >= 0.6 is 0 Å². The predicted octanol–water partition coefficient (Wildman–Crippen LogP) is 3.52. The van der Waals surface area contributed by atoms with Crippen molar-refractivity contribution in [2.75, 3.05) is 11.5 Å². The Hall–Kier alpha value is -3.00. The van der Waals surface area contributed by atoms with E-state index >= 15 is 0 Å². The number of aromatic amines is 1. The van der Waals surface area contributed by atoms with Crippen molar-refractivity contribution in [2.24, 2.45) is 0 Å². The van der Waals surface area contributed by atoms with E-state index < -0.39 is 10.0 Å². The lowest BCUT2D eigenvalue weighted by Crippen LogP contribution is -2.14. The van der Waals surface area contributed by atoms with Gasteiger partial charge in [-0.3, -0.25) is 9.52 Å². The number of rotatable bonds is 3. The molecule has 5 rings (SSSR count). The van der Waals surface area contributed by atoms with E-state index in [1.807, 2.05) is 0 Å². The summed E-state index contributed by atoms with van der Waals surface area (Å²) in [5.41, 5.74) is 3.24. The zero-order valence-corrected chi connectivity index (χ0v) is 16.0. The average molecular weight is 398 g/mol. The molecule has 2 aromatic carbocycles. The van der Waals surface area contributed by atoms with Crippen LogP contribution in [-0.4, -0.2) is 26.0 Å². The predicted molar refractivity (Wildman–Crippen MR) is 104 cm³/mol. The summed E-state index contributed by atoms with van der Waals surface area (Å²) in [6.45, 7) is 1.86. The number of aryl methyl sites for hydroxylation is 2. The second-order valence-electron chi connectivity index (χ2n) is 7.09. The minimum Gasteiger partial charge on any atom is -0.454 e. The molecule has 2 aliphatic rings. The maximum absolute atomic E-state index is 13.0. The Balaban J connectivity index is 1.56. The van der Waals surface area contributed by atoms with Crippen LogP contribution in [0.5, 0.6) is 11.5 Å². The first-order valence-corrected chi connectivity index (χ1v) is 10.5. The molecule has 28 heavy (non-hydrogen) atoms.